The van der Waals surface area contributed by atoms with Gasteiger partial charge in [0.05, 0.1) is 23.2 Å². The van der Waals surface area contributed by atoms with Gasteiger partial charge in [0.25, 0.3) is 0 Å². The standard InChI is InChI=1S/C37H39F4N7O3/c1-2-27-31-32(45-35(27)49)42-22-43-34(31)46-16-13-24(14-17-46)33-44-30(25-11-12-29(38)28(18-25)37(39,40)41)20-47(33)19-26-10-6-7-15-48(26)36(50)51-21-23-8-4-3-5-9-23/h3-5,8-9,11-12,18,20,22,24,26-27H,2,6-7,10,13-17,19,21H2,1H3,(H,42,43,45,49)/t26-,27?/m0/s1. The Hall–Kier alpha value is -5.01. The van der Waals surface area contributed by atoms with E-state index in [2.05, 4.69) is 20.2 Å². The first-order valence-corrected chi connectivity index (χ1v) is 17.4. The lowest BCUT2D eigenvalue weighted by molar-refractivity contribution is -0.140. The van der Waals surface area contributed by atoms with Crippen molar-refractivity contribution in [2.75, 3.05) is 29.9 Å². The third kappa shape index (κ3) is 7.13. The number of hydrogen-bond donors (Lipinski definition) is 1. The lowest BCUT2D eigenvalue weighted by atomic mass is 9.94. The number of benzene rings is 2. The van der Waals surface area contributed by atoms with Crippen LogP contribution in [-0.2, 0) is 28.9 Å². The van der Waals surface area contributed by atoms with E-state index in [1.807, 2.05) is 41.8 Å². The average molecular weight is 706 g/mol. The highest BCUT2D eigenvalue weighted by Crippen LogP contribution is 2.41. The molecule has 268 valence electrons. The van der Waals surface area contributed by atoms with Gasteiger partial charge in [0, 0.05) is 49.4 Å². The summed E-state index contributed by atoms with van der Waals surface area (Å²) in [6.07, 6.45) is 2.32. The molecule has 2 fully saturated rings. The first kappa shape index (κ1) is 34.4. The van der Waals surface area contributed by atoms with E-state index in [4.69, 9.17) is 9.72 Å². The molecule has 0 spiro atoms. The second-order valence-corrected chi connectivity index (χ2v) is 13.4. The van der Waals surface area contributed by atoms with E-state index in [1.165, 1.54) is 12.4 Å². The fraction of sp³-hybridized carbons (Fsp3) is 0.432. The number of hydrogen-bond acceptors (Lipinski definition) is 7. The number of halogens is 4. The lowest BCUT2D eigenvalue weighted by Crippen LogP contribution is -2.46. The normalized spacial score (nSPS) is 19.6. The van der Waals surface area contributed by atoms with Gasteiger partial charge in [-0.1, -0.05) is 37.3 Å². The molecule has 0 saturated carbocycles. The second kappa shape index (κ2) is 14.3. The molecule has 2 saturated heterocycles. The first-order chi connectivity index (χ1) is 24.6. The molecule has 10 nitrogen and oxygen atoms in total. The van der Waals surface area contributed by atoms with E-state index in [0.717, 1.165) is 48.3 Å². The average Bonchev–Trinajstić information content (AvgIpc) is 3.70. The summed E-state index contributed by atoms with van der Waals surface area (Å²) >= 11 is 0. The fourth-order valence-electron chi connectivity index (χ4n) is 7.54. The molecule has 2 aromatic carbocycles. The van der Waals surface area contributed by atoms with Crippen molar-refractivity contribution >= 4 is 23.6 Å². The number of alkyl halides is 3. The van der Waals surface area contributed by atoms with Gasteiger partial charge in [-0.15, -0.1) is 0 Å². The lowest BCUT2D eigenvalue weighted by Gasteiger charge is -2.36. The van der Waals surface area contributed by atoms with Gasteiger partial charge < -0.3 is 24.4 Å². The van der Waals surface area contributed by atoms with E-state index >= 15 is 0 Å². The first-order valence-electron chi connectivity index (χ1n) is 17.4. The Bertz CT molecular complexity index is 1890. The van der Waals surface area contributed by atoms with Crippen molar-refractivity contribution < 1.29 is 31.9 Å². The van der Waals surface area contributed by atoms with Gasteiger partial charge in [-0.05, 0) is 62.3 Å². The number of likely N-dealkylation sites (tertiary alicyclic amines) is 1. The third-order valence-corrected chi connectivity index (χ3v) is 10.2. The van der Waals surface area contributed by atoms with Crippen molar-refractivity contribution in [3.05, 3.63) is 89.4 Å². The Kier molecular flexibility index (Phi) is 9.67. The molecule has 0 radical (unpaired) electrons. The topological polar surface area (TPSA) is 105 Å². The summed E-state index contributed by atoms with van der Waals surface area (Å²) in [5, 5.41) is 2.86. The van der Waals surface area contributed by atoms with Crippen molar-refractivity contribution in [1.29, 1.82) is 0 Å². The van der Waals surface area contributed by atoms with Crippen molar-refractivity contribution in [2.24, 2.45) is 0 Å². The summed E-state index contributed by atoms with van der Waals surface area (Å²) in [5.74, 6) is 0.141. The number of rotatable bonds is 8. The van der Waals surface area contributed by atoms with E-state index in [0.29, 0.717) is 62.8 Å². The predicted molar refractivity (Wildman–Crippen MR) is 181 cm³/mol. The molecule has 0 bridgehead atoms. The van der Waals surface area contributed by atoms with Crippen LogP contribution in [0.5, 0.6) is 0 Å². The van der Waals surface area contributed by atoms with E-state index in [1.54, 1.807) is 11.1 Å². The van der Waals surface area contributed by atoms with Crippen molar-refractivity contribution in [2.45, 2.75) is 82.7 Å². The number of imidazole rings is 1. The zero-order chi connectivity index (χ0) is 35.7. The number of amides is 2. The summed E-state index contributed by atoms with van der Waals surface area (Å²) in [6, 6.07) is 12.2. The number of piperidine rings is 2. The number of nitrogens with one attached hydrogen (secondary N) is 1. The molecule has 14 heteroatoms. The van der Waals surface area contributed by atoms with Crippen molar-refractivity contribution in [3.8, 4) is 11.3 Å². The molecule has 0 aliphatic carbocycles. The Morgan fingerprint density at radius 2 is 1.80 bits per heavy atom. The van der Waals surface area contributed by atoms with Gasteiger partial charge in [-0.3, -0.25) is 4.79 Å². The molecule has 3 aliphatic rings. The maximum absolute atomic E-state index is 14.3. The van der Waals surface area contributed by atoms with E-state index in [9.17, 15) is 27.2 Å². The highest BCUT2D eigenvalue weighted by Gasteiger charge is 2.38. The van der Waals surface area contributed by atoms with Crippen LogP contribution in [0.4, 0.5) is 34.0 Å². The highest BCUT2D eigenvalue weighted by molar-refractivity contribution is 6.03. The minimum absolute atomic E-state index is 0.0591. The van der Waals surface area contributed by atoms with Gasteiger partial charge in [-0.2, -0.15) is 13.2 Å². The van der Waals surface area contributed by atoms with Gasteiger partial charge in [0.2, 0.25) is 5.91 Å². The van der Waals surface area contributed by atoms with Gasteiger partial charge in [0.1, 0.15) is 36.2 Å². The second-order valence-electron chi connectivity index (χ2n) is 13.4. The molecule has 2 atom stereocenters. The number of anilines is 2. The smallest absolute Gasteiger partial charge is 0.419 e. The molecular formula is C37H39F4N7O3. The number of ether oxygens (including phenoxy) is 1. The monoisotopic (exact) mass is 705 g/mol. The Morgan fingerprint density at radius 1 is 1.02 bits per heavy atom. The Balaban J connectivity index is 1.16. The van der Waals surface area contributed by atoms with Crippen LogP contribution >= 0.6 is 0 Å². The largest absolute Gasteiger partial charge is 0.445 e. The van der Waals surface area contributed by atoms with Crippen LogP contribution in [0.2, 0.25) is 0 Å². The minimum atomic E-state index is -4.86. The zero-order valence-corrected chi connectivity index (χ0v) is 28.2. The quantitative estimate of drug-likeness (QED) is 0.189. The zero-order valence-electron chi connectivity index (χ0n) is 28.2. The number of nitrogens with zero attached hydrogens (tertiary/aromatic N) is 6. The number of fused-ring (bicyclic) bond motifs is 1. The van der Waals surface area contributed by atoms with E-state index < -0.39 is 23.7 Å². The molecule has 1 N–H and O–H groups in total. The highest BCUT2D eigenvalue weighted by atomic mass is 19.4. The molecule has 5 heterocycles. The molecule has 3 aliphatic heterocycles. The molecule has 2 amide bonds. The fourth-order valence-corrected chi connectivity index (χ4v) is 7.54. The maximum atomic E-state index is 14.3. The van der Waals surface area contributed by atoms with Gasteiger partial charge in [0.15, 0.2) is 0 Å². The van der Waals surface area contributed by atoms with Gasteiger partial charge in [-0.25, -0.2) is 24.1 Å². The SMILES string of the molecule is CCC1C(=O)Nc2ncnc(N3CCC(c4nc(-c5ccc(F)c(C(F)(F)F)c5)cn4C[C@@H]4CCCCN4C(=O)OCc4ccccc4)CC3)c21. The molecule has 1 unspecified atom stereocenters. The van der Waals surface area contributed by atoms with Crippen LogP contribution in [0.3, 0.4) is 0 Å². The minimum Gasteiger partial charge on any atom is -0.445 e. The number of aromatic nitrogens is 4. The molecular weight excluding hydrogens is 666 g/mol. The van der Waals surface area contributed by atoms with Crippen LogP contribution in [0.1, 0.15) is 79.8 Å². The van der Waals surface area contributed by atoms with Gasteiger partial charge >= 0.3 is 12.3 Å². The summed E-state index contributed by atoms with van der Waals surface area (Å²) in [4.78, 5) is 43.6. The number of carbonyl (C=O) groups is 2. The van der Waals surface area contributed by atoms with Crippen LogP contribution < -0.4 is 10.2 Å². The Morgan fingerprint density at radius 3 is 2.55 bits per heavy atom. The molecule has 7 rings (SSSR count). The van der Waals surface area contributed by atoms with Crippen molar-refractivity contribution in [3.63, 3.8) is 0 Å². The summed E-state index contributed by atoms with van der Waals surface area (Å²) in [6.45, 7) is 4.22. The Labute approximate surface area is 292 Å². The van der Waals surface area contributed by atoms with E-state index in [-0.39, 0.29) is 36.0 Å². The molecule has 51 heavy (non-hydrogen) atoms. The van der Waals surface area contributed by atoms with Crippen LogP contribution in [0.15, 0.2) is 61.1 Å². The number of carbonyl (C=O) groups excluding carboxylic acids is 2. The van der Waals surface area contributed by atoms with Crippen LogP contribution in [0.25, 0.3) is 11.3 Å². The van der Waals surface area contributed by atoms with Crippen molar-refractivity contribution in [1.82, 2.24) is 24.4 Å². The molecule has 2 aromatic heterocycles. The maximum Gasteiger partial charge on any atom is 0.419 e. The summed E-state index contributed by atoms with van der Waals surface area (Å²) in [5.41, 5.74) is 0.796. The van der Waals surface area contributed by atoms with Crippen LogP contribution in [-0.4, -0.2) is 62.1 Å². The predicted octanol–water partition coefficient (Wildman–Crippen LogP) is 7.52. The summed E-state index contributed by atoms with van der Waals surface area (Å²) in [7, 11) is 0. The van der Waals surface area contributed by atoms with Crippen LogP contribution in [0, 0.1) is 5.82 Å². The summed E-state index contributed by atoms with van der Waals surface area (Å²) < 4.78 is 63.0. The third-order valence-electron chi connectivity index (χ3n) is 10.2. The molecule has 4 aromatic rings.